The molecule has 1 fully saturated rings. The molecule has 1 heterocycles. The summed E-state index contributed by atoms with van der Waals surface area (Å²) in [5.74, 6) is 1.02. The van der Waals surface area contributed by atoms with E-state index in [1.54, 1.807) is 0 Å². The highest BCUT2D eigenvalue weighted by atomic mass is 32.2. The predicted octanol–water partition coefficient (Wildman–Crippen LogP) is 3.51. The molecule has 0 bridgehead atoms. The van der Waals surface area contributed by atoms with E-state index in [1.807, 2.05) is 17.8 Å². The van der Waals surface area contributed by atoms with Crippen LogP contribution in [0.1, 0.15) is 33.1 Å². The summed E-state index contributed by atoms with van der Waals surface area (Å²) in [6.07, 6.45) is 4.02. The minimum Gasteiger partial charge on any atom is -0.362 e. The Morgan fingerprint density at radius 3 is 2.83 bits per heavy atom. The van der Waals surface area contributed by atoms with Gasteiger partial charge >= 0.3 is 0 Å². The summed E-state index contributed by atoms with van der Waals surface area (Å²) in [6.45, 7) is 7.66. The maximum Gasteiger partial charge on any atom is 0.166 e. The van der Waals surface area contributed by atoms with Crippen molar-refractivity contribution >= 4 is 29.1 Å². The van der Waals surface area contributed by atoms with Crippen LogP contribution >= 0.6 is 24.0 Å². The molecule has 0 spiro atoms. The molecule has 128 valence electrons. The van der Waals surface area contributed by atoms with Gasteiger partial charge in [0.25, 0.3) is 0 Å². The van der Waals surface area contributed by atoms with Crippen molar-refractivity contribution in [2.45, 2.75) is 50.1 Å². The fraction of sp³-hybridized carbons (Fsp3) is 0.611. The van der Waals surface area contributed by atoms with Gasteiger partial charge in [0.15, 0.2) is 5.11 Å². The molecular formula is C18H29N3S2. The Labute approximate surface area is 150 Å². The smallest absolute Gasteiger partial charge is 0.166 e. The Kier molecular flexibility index (Phi) is 8.20. The van der Waals surface area contributed by atoms with Crippen LogP contribution in [0.3, 0.4) is 0 Å². The topological polar surface area (TPSA) is 27.3 Å². The number of benzene rings is 1. The number of nitrogens with zero attached hydrogens (tertiary/aromatic N) is 1. The van der Waals surface area contributed by atoms with Gasteiger partial charge in [0, 0.05) is 35.8 Å². The quantitative estimate of drug-likeness (QED) is 0.445. The molecule has 1 aromatic rings. The third-order valence-electron chi connectivity index (χ3n) is 4.38. The molecule has 0 amide bonds. The highest BCUT2D eigenvalue weighted by Gasteiger charge is 2.22. The summed E-state index contributed by atoms with van der Waals surface area (Å²) in [5, 5.41) is 7.45. The first kappa shape index (κ1) is 18.6. The Morgan fingerprint density at radius 1 is 1.30 bits per heavy atom. The van der Waals surface area contributed by atoms with E-state index in [4.69, 9.17) is 12.2 Å². The molecule has 5 heteroatoms. The standard InChI is InChI=1S/C18H29N3S2/c1-15-8-6-7-12-21(15)16(2)14-20-18(22)19-11-13-23-17-9-4-3-5-10-17/h3-5,9-10,15-16H,6-8,11-14H2,1-2H3,(H2,19,20,22)/t15-,16+/m0/s1. The minimum absolute atomic E-state index is 0.531. The monoisotopic (exact) mass is 351 g/mol. The van der Waals surface area contributed by atoms with Crippen LogP contribution in [0.2, 0.25) is 0 Å². The van der Waals surface area contributed by atoms with Gasteiger partial charge in [0.05, 0.1) is 0 Å². The zero-order chi connectivity index (χ0) is 16.5. The van der Waals surface area contributed by atoms with E-state index in [-0.39, 0.29) is 0 Å². The Balaban J connectivity index is 1.57. The van der Waals surface area contributed by atoms with Crippen molar-refractivity contribution in [2.75, 3.05) is 25.4 Å². The lowest BCUT2D eigenvalue weighted by Crippen LogP contribution is -2.49. The fourth-order valence-electron chi connectivity index (χ4n) is 3.05. The molecule has 3 nitrogen and oxygen atoms in total. The fourth-order valence-corrected chi connectivity index (χ4v) is 4.02. The molecule has 2 atom stereocenters. The van der Waals surface area contributed by atoms with Crippen LogP contribution in [0, 0.1) is 0 Å². The molecule has 2 rings (SSSR count). The van der Waals surface area contributed by atoms with Crippen molar-refractivity contribution in [3.8, 4) is 0 Å². The van der Waals surface area contributed by atoms with Crippen LogP contribution in [-0.2, 0) is 0 Å². The second-order valence-electron chi connectivity index (χ2n) is 6.23. The average molecular weight is 352 g/mol. The molecule has 1 saturated heterocycles. The number of thioether (sulfide) groups is 1. The third kappa shape index (κ3) is 6.69. The maximum absolute atomic E-state index is 5.38. The first-order valence-electron chi connectivity index (χ1n) is 8.62. The van der Waals surface area contributed by atoms with Crippen molar-refractivity contribution in [1.29, 1.82) is 0 Å². The molecule has 1 aliphatic heterocycles. The molecule has 0 aliphatic carbocycles. The normalized spacial score (nSPS) is 20.0. The highest BCUT2D eigenvalue weighted by molar-refractivity contribution is 7.99. The molecule has 0 radical (unpaired) electrons. The van der Waals surface area contributed by atoms with Gasteiger partial charge in [-0.15, -0.1) is 11.8 Å². The summed E-state index contributed by atoms with van der Waals surface area (Å²) >= 11 is 7.24. The van der Waals surface area contributed by atoms with Crippen LogP contribution in [0.4, 0.5) is 0 Å². The summed E-state index contributed by atoms with van der Waals surface area (Å²) < 4.78 is 0. The third-order valence-corrected chi connectivity index (χ3v) is 5.68. The van der Waals surface area contributed by atoms with Gasteiger partial charge in [-0.05, 0) is 57.6 Å². The molecule has 0 saturated carbocycles. The summed E-state index contributed by atoms with van der Waals surface area (Å²) in [7, 11) is 0. The van der Waals surface area contributed by atoms with Gasteiger partial charge in [-0.3, -0.25) is 4.90 Å². The number of rotatable bonds is 7. The van der Waals surface area contributed by atoms with Crippen LogP contribution in [0.5, 0.6) is 0 Å². The van der Waals surface area contributed by atoms with Gasteiger partial charge in [0.1, 0.15) is 0 Å². The van der Waals surface area contributed by atoms with E-state index in [1.165, 1.54) is 30.7 Å². The number of thiocarbonyl (C=S) groups is 1. The second-order valence-corrected chi connectivity index (χ2v) is 7.81. The van der Waals surface area contributed by atoms with Crippen molar-refractivity contribution in [3.05, 3.63) is 30.3 Å². The van der Waals surface area contributed by atoms with Crippen LogP contribution in [0.15, 0.2) is 35.2 Å². The van der Waals surface area contributed by atoms with Gasteiger partial charge in [-0.1, -0.05) is 24.6 Å². The first-order valence-corrected chi connectivity index (χ1v) is 10.0. The van der Waals surface area contributed by atoms with E-state index < -0.39 is 0 Å². The SMILES string of the molecule is C[C@H](CNC(=S)NCCSc1ccccc1)N1CCCC[C@@H]1C. The predicted molar refractivity (Wildman–Crippen MR) is 105 cm³/mol. The van der Waals surface area contributed by atoms with E-state index in [0.29, 0.717) is 12.1 Å². The lowest BCUT2D eigenvalue weighted by atomic mass is 10.0. The van der Waals surface area contributed by atoms with E-state index in [9.17, 15) is 0 Å². The second kappa shape index (κ2) is 10.2. The molecular weight excluding hydrogens is 322 g/mol. The number of nitrogens with one attached hydrogen (secondary N) is 2. The van der Waals surface area contributed by atoms with E-state index >= 15 is 0 Å². The lowest BCUT2D eigenvalue weighted by molar-refractivity contribution is 0.116. The first-order chi connectivity index (χ1) is 11.2. The van der Waals surface area contributed by atoms with Crippen molar-refractivity contribution in [2.24, 2.45) is 0 Å². The summed E-state index contributed by atoms with van der Waals surface area (Å²) in [6, 6.07) is 11.7. The van der Waals surface area contributed by atoms with Gasteiger partial charge in [0.2, 0.25) is 0 Å². The van der Waals surface area contributed by atoms with Crippen molar-refractivity contribution in [1.82, 2.24) is 15.5 Å². The molecule has 2 N–H and O–H groups in total. The molecule has 0 unspecified atom stereocenters. The van der Waals surface area contributed by atoms with Crippen LogP contribution in [0.25, 0.3) is 0 Å². The zero-order valence-electron chi connectivity index (χ0n) is 14.3. The van der Waals surface area contributed by atoms with Crippen molar-refractivity contribution in [3.63, 3.8) is 0 Å². The Hall–Kier alpha value is -0.780. The van der Waals surface area contributed by atoms with E-state index in [0.717, 1.165) is 24.0 Å². The van der Waals surface area contributed by atoms with E-state index in [2.05, 4.69) is 53.6 Å². The number of piperidine rings is 1. The highest BCUT2D eigenvalue weighted by Crippen LogP contribution is 2.18. The number of likely N-dealkylation sites (tertiary alicyclic amines) is 1. The number of hydrogen-bond acceptors (Lipinski definition) is 3. The Bertz CT molecular complexity index is 467. The summed E-state index contributed by atoms with van der Waals surface area (Å²) in [5.41, 5.74) is 0. The summed E-state index contributed by atoms with van der Waals surface area (Å²) in [4.78, 5) is 3.91. The zero-order valence-corrected chi connectivity index (χ0v) is 15.9. The molecule has 1 aromatic carbocycles. The van der Waals surface area contributed by atoms with Gasteiger partial charge in [-0.25, -0.2) is 0 Å². The van der Waals surface area contributed by atoms with Crippen LogP contribution in [-0.4, -0.2) is 47.5 Å². The largest absolute Gasteiger partial charge is 0.362 e. The van der Waals surface area contributed by atoms with Crippen molar-refractivity contribution < 1.29 is 0 Å². The van der Waals surface area contributed by atoms with Crippen LogP contribution < -0.4 is 10.6 Å². The average Bonchev–Trinajstić information content (AvgIpc) is 2.58. The van der Waals surface area contributed by atoms with Gasteiger partial charge < -0.3 is 10.6 Å². The molecule has 1 aliphatic rings. The minimum atomic E-state index is 0.531. The lowest BCUT2D eigenvalue weighted by Gasteiger charge is -2.38. The number of hydrogen-bond donors (Lipinski definition) is 2. The molecule has 23 heavy (non-hydrogen) atoms. The Morgan fingerprint density at radius 2 is 2.09 bits per heavy atom. The maximum atomic E-state index is 5.38. The van der Waals surface area contributed by atoms with Gasteiger partial charge in [-0.2, -0.15) is 0 Å². The molecule has 0 aromatic heterocycles.